The third-order valence-corrected chi connectivity index (χ3v) is 4.96. The molecule has 0 aliphatic heterocycles. The molecular weight excluding hydrogens is 332 g/mol. The van der Waals surface area contributed by atoms with Gasteiger partial charge in [0.1, 0.15) is 5.76 Å². The molecule has 1 saturated carbocycles. The zero-order valence-electron chi connectivity index (χ0n) is 16.0. The topological polar surface area (TPSA) is 87.9 Å². The van der Waals surface area contributed by atoms with Crippen molar-refractivity contribution in [2.75, 3.05) is 33.4 Å². The molecule has 1 aliphatic carbocycles. The summed E-state index contributed by atoms with van der Waals surface area (Å²) >= 11 is 0. The number of aliphatic imine (C=N–C) groups is 1. The fourth-order valence-corrected chi connectivity index (χ4v) is 3.39. The molecular formula is C19H32N4O3. The molecule has 3 N–H and O–H groups in total. The Bertz CT molecular complexity index is 551. The molecule has 1 fully saturated rings. The smallest absolute Gasteiger partial charge is 0.239 e. The van der Waals surface area contributed by atoms with Crippen molar-refractivity contribution in [3.8, 4) is 0 Å². The number of nitrogens with one attached hydrogen (secondary N) is 3. The van der Waals surface area contributed by atoms with Gasteiger partial charge in [-0.15, -0.1) is 0 Å². The van der Waals surface area contributed by atoms with Crippen LogP contribution < -0.4 is 16.0 Å². The Morgan fingerprint density at radius 1 is 1.31 bits per heavy atom. The van der Waals surface area contributed by atoms with Gasteiger partial charge in [-0.25, -0.2) is 0 Å². The van der Waals surface area contributed by atoms with Gasteiger partial charge in [-0.05, 0) is 43.7 Å². The van der Waals surface area contributed by atoms with E-state index in [1.165, 1.54) is 25.7 Å². The van der Waals surface area contributed by atoms with E-state index >= 15 is 0 Å². The summed E-state index contributed by atoms with van der Waals surface area (Å²) in [6.45, 7) is 5.02. The van der Waals surface area contributed by atoms with Crippen molar-refractivity contribution >= 4 is 11.9 Å². The lowest BCUT2D eigenvalue weighted by atomic mass is 9.83. The Kier molecular flexibility index (Phi) is 8.47. The Morgan fingerprint density at radius 2 is 2.12 bits per heavy atom. The standard InChI is InChI=1S/C19H32N4O3/c1-3-25-12-10-19(8-4-5-9-19)15-23-18(20-2)22-14-17(24)21-13-16-7-6-11-26-16/h6-7,11H,3-5,8-10,12-15H2,1-2H3,(H,21,24)(H2,20,22,23). The molecule has 0 unspecified atom stereocenters. The second-order valence-electron chi connectivity index (χ2n) is 6.79. The molecule has 0 bridgehead atoms. The van der Waals surface area contributed by atoms with Crippen molar-refractivity contribution < 1.29 is 13.9 Å². The first-order chi connectivity index (χ1) is 12.7. The fourth-order valence-electron chi connectivity index (χ4n) is 3.39. The number of ether oxygens (including phenoxy) is 1. The molecule has 1 heterocycles. The number of furan rings is 1. The van der Waals surface area contributed by atoms with Gasteiger partial charge >= 0.3 is 0 Å². The first-order valence-corrected chi connectivity index (χ1v) is 9.49. The van der Waals surface area contributed by atoms with Gasteiger partial charge in [0.05, 0.1) is 19.4 Å². The van der Waals surface area contributed by atoms with E-state index in [1.807, 2.05) is 13.0 Å². The van der Waals surface area contributed by atoms with Crippen molar-refractivity contribution in [3.05, 3.63) is 24.2 Å². The monoisotopic (exact) mass is 364 g/mol. The summed E-state index contributed by atoms with van der Waals surface area (Å²) in [6, 6.07) is 3.63. The van der Waals surface area contributed by atoms with Gasteiger partial charge in [0, 0.05) is 26.8 Å². The second kappa shape index (κ2) is 10.9. The van der Waals surface area contributed by atoms with Gasteiger partial charge in [0.2, 0.25) is 5.91 Å². The molecule has 1 aliphatic rings. The van der Waals surface area contributed by atoms with Gasteiger partial charge in [-0.1, -0.05) is 12.8 Å². The first-order valence-electron chi connectivity index (χ1n) is 9.49. The van der Waals surface area contributed by atoms with Crippen LogP contribution in [0, 0.1) is 5.41 Å². The highest BCUT2D eigenvalue weighted by atomic mass is 16.5. The molecule has 0 spiro atoms. The first kappa shape index (κ1) is 20.3. The van der Waals surface area contributed by atoms with Crippen LogP contribution in [0.1, 0.15) is 44.8 Å². The maximum Gasteiger partial charge on any atom is 0.239 e. The predicted molar refractivity (Wildman–Crippen MR) is 102 cm³/mol. The molecule has 0 atom stereocenters. The van der Waals surface area contributed by atoms with Crippen LogP contribution in [0.5, 0.6) is 0 Å². The zero-order valence-corrected chi connectivity index (χ0v) is 16.0. The third-order valence-electron chi connectivity index (χ3n) is 4.96. The summed E-state index contributed by atoms with van der Waals surface area (Å²) in [5.41, 5.74) is 0.272. The minimum atomic E-state index is -0.101. The summed E-state index contributed by atoms with van der Waals surface area (Å²) in [5, 5.41) is 9.27. The largest absolute Gasteiger partial charge is 0.467 e. The molecule has 26 heavy (non-hydrogen) atoms. The van der Waals surface area contributed by atoms with E-state index in [0.29, 0.717) is 12.5 Å². The summed E-state index contributed by atoms with van der Waals surface area (Å²) in [5.74, 6) is 1.29. The van der Waals surface area contributed by atoms with Crippen LogP contribution in [0.3, 0.4) is 0 Å². The fraction of sp³-hybridized carbons (Fsp3) is 0.684. The van der Waals surface area contributed by atoms with E-state index in [0.717, 1.165) is 31.9 Å². The molecule has 146 valence electrons. The highest BCUT2D eigenvalue weighted by Crippen LogP contribution is 2.40. The van der Waals surface area contributed by atoms with Crippen molar-refractivity contribution in [2.24, 2.45) is 10.4 Å². The van der Waals surface area contributed by atoms with Crippen LogP contribution >= 0.6 is 0 Å². The lowest BCUT2D eigenvalue weighted by Crippen LogP contribution is -2.46. The van der Waals surface area contributed by atoms with Gasteiger partial charge < -0.3 is 25.1 Å². The highest BCUT2D eigenvalue weighted by molar-refractivity contribution is 5.86. The summed E-state index contributed by atoms with van der Waals surface area (Å²) in [6.07, 6.45) is 7.63. The third kappa shape index (κ3) is 6.71. The van der Waals surface area contributed by atoms with Crippen molar-refractivity contribution in [3.63, 3.8) is 0 Å². The minimum Gasteiger partial charge on any atom is -0.467 e. The lowest BCUT2D eigenvalue weighted by molar-refractivity contribution is -0.120. The Labute approximate surface area is 156 Å². The molecule has 0 radical (unpaired) electrons. The number of guanidine groups is 1. The maximum atomic E-state index is 11.9. The van der Waals surface area contributed by atoms with E-state index < -0.39 is 0 Å². The molecule has 0 aromatic carbocycles. The number of hydrogen-bond donors (Lipinski definition) is 3. The molecule has 1 aromatic heterocycles. The number of carbonyl (C=O) groups is 1. The average molecular weight is 364 g/mol. The van der Waals surface area contributed by atoms with Gasteiger partial charge in [-0.2, -0.15) is 0 Å². The summed E-state index contributed by atoms with van der Waals surface area (Å²) in [7, 11) is 1.72. The van der Waals surface area contributed by atoms with E-state index in [-0.39, 0.29) is 17.9 Å². The average Bonchev–Trinajstić information content (AvgIpc) is 3.33. The quantitative estimate of drug-likeness (QED) is 0.336. The minimum absolute atomic E-state index is 0.101. The number of nitrogens with zero attached hydrogens (tertiary/aromatic N) is 1. The van der Waals surface area contributed by atoms with E-state index in [4.69, 9.17) is 9.15 Å². The van der Waals surface area contributed by atoms with Crippen LogP contribution in [-0.4, -0.2) is 45.2 Å². The van der Waals surface area contributed by atoms with Crippen molar-refractivity contribution in [2.45, 2.75) is 45.6 Å². The van der Waals surface area contributed by atoms with Crippen molar-refractivity contribution in [1.29, 1.82) is 0 Å². The van der Waals surface area contributed by atoms with Gasteiger partial charge in [-0.3, -0.25) is 9.79 Å². The van der Waals surface area contributed by atoms with E-state index in [9.17, 15) is 4.79 Å². The second-order valence-corrected chi connectivity index (χ2v) is 6.79. The molecule has 0 saturated heterocycles. The van der Waals surface area contributed by atoms with Gasteiger partial charge in [0.25, 0.3) is 0 Å². The van der Waals surface area contributed by atoms with Crippen LogP contribution in [0.25, 0.3) is 0 Å². The summed E-state index contributed by atoms with van der Waals surface area (Å²) < 4.78 is 10.8. The van der Waals surface area contributed by atoms with E-state index in [1.54, 1.807) is 19.4 Å². The van der Waals surface area contributed by atoms with Crippen molar-refractivity contribution in [1.82, 2.24) is 16.0 Å². The van der Waals surface area contributed by atoms with Crippen LogP contribution in [0.15, 0.2) is 27.8 Å². The number of rotatable bonds is 10. The Balaban J connectivity index is 1.71. The summed E-state index contributed by atoms with van der Waals surface area (Å²) in [4.78, 5) is 16.2. The molecule has 2 rings (SSSR count). The Morgan fingerprint density at radius 3 is 2.77 bits per heavy atom. The zero-order chi connectivity index (χ0) is 18.7. The molecule has 7 heteroatoms. The number of amides is 1. The lowest BCUT2D eigenvalue weighted by Gasteiger charge is -2.30. The highest BCUT2D eigenvalue weighted by Gasteiger charge is 2.33. The normalized spacial score (nSPS) is 16.5. The molecule has 7 nitrogen and oxygen atoms in total. The Hall–Kier alpha value is -2.02. The van der Waals surface area contributed by atoms with Crippen LogP contribution in [0.2, 0.25) is 0 Å². The van der Waals surface area contributed by atoms with E-state index in [2.05, 4.69) is 20.9 Å². The van der Waals surface area contributed by atoms with Gasteiger partial charge in [0.15, 0.2) is 5.96 Å². The predicted octanol–water partition coefficient (Wildman–Crippen LogP) is 2.05. The number of hydrogen-bond acceptors (Lipinski definition) is 4. The van der Waals surface area contributed by atoms with Crippen LogP contribution in [-0.2, 0) is 16.1 Å². The SMILES string of the molecule is CCOCCC1(CNC(=NC)NCC(=O)NCc2ccco2)CCCC1. The molecule has 1 aromatic rings. The molecule has 1 amide bonds. The number of carbonyl (C=O) groups excluding carboxylic acids is 1. The van der Waals surface area contributed by atoms with Crippen LogP contribution in [0.4, 0.5) is 0 Å². The maximum absolute atomic E-state index is 11.9.